The molecular formula is C17H22N6O2. The highest BCUT2D eigenvalue weighted by atomic mass is 16.2. The first kappa shape index (κ1) is 16.9. The Labute approximate surface area is 145 Å². The maximum atomic E-state index is 12.3. The molecule has 25 heavy (non-hydrogen) atoms. The minimum atomic E-state index is -0.238. The Morgan fingerprint density at radius 1 is 1.32 bits per heavy atom. The molecule has 2 amide bonds. The fraction of sp³-hybridized carbons (Fsp3) is 0.412. The number of carbonyl (C=O) groups is 1. The highest BCUT2D eigenvalue weighted by Gasteiger charge is 2.23. The summed E-state index contributed by atoms with van der Waals surface area (Å²) in [5.74, 6) is 0.489. The standard InChI is InChI=1S/C17H22N6O2/c1-2-22-11-8-19-15(16(22)24)23-9-5-13(6-10-23)20-17(25)21-14-4-3-7-18-12-14/h3-4,7-8,11-13H,2,5-6,9-10H2,1H3,(H2,20,21,25). The number of anilines is 2. The van der Waals surface area contributed by atoms with Crippen LogP contribution in [0.2, 0.25) is 0 Å². The number of hydrogen-bond donors (Lipinski definition) is 2. The van der Waals surface area contributed by atoms with Crippen LogP contribution in [0.15, 0.2) is 41.7 Å². The molecule has 1 aliphatic rings. The molecule has 2 aromatic rings. The van der Waals surface area contributed by atoms with Crippen molar-refractivity contribution in [3.63, 3.8) is 0 Å². The van der Waals surface area contributed by atoms with Crippen molar-refractivity contribution < 1.29 is 4.79 Å². The fourth-order valence-electron chi connectivity index (χ4n) is 2.93. The Bertz CT molecular complexity index is 768. The van der Waals surface area contributed by atoms with Gasteiger partial charge < -0.3 is 20.1 Å². The highest BCUT2D eigenvalue weighted by Crippen LogP contribution is 2.15. The van der Waals surface area contributed by atoms with Gasteiger partial charge in [-0.1, -0.05) is 0 Å². The second-order valence-electron chi connectivity index (χ2n) is 5.94. The normalized spacial score (nSPS) is 15.0. The van der Waals surface area contributed by atoms with Crippen LogP contribution in [0.3, 0.4) is 0 Å². The number of rotatable bonds is 4. The minimum absolute atomic E-state index is 0.0641. The van der Waals surface area contributed by atoms with E-state index in [1.54, 1.807) is 41.5 Å². The average Bonchev–Trinajstić information content (AvgIpc) is 2.63. The number of piperidine rings is 1. The molecule has 1 aliphatic heterocycles. The monoisotopic (exact) mass is 342 g/mol. The van der Waals surface area contributed by atoms with Crippen LogP contribution in [0.25, 0.3) is 0 Å². The molecule has 0 atom stereocenters. The minimum Gasteiger partial charge on any atom is -0.352 e. The molecule has 1 saturated heterocycles. The van der Waals surface area contributed by atoms with E-state index in [0.29, 0.717) is 31.1 Å². The average molecular weight is 342 g/mol. The number of aromatic nitrogens is 3. The van der Waals surface area contributed by atoms with Crippen molar-refractivity contribution in [1.29, 1.82) is 0 Å². The topological polar surface area (TPSA) is 92.2 Å². The number of hydrogen-bond acceptors (Lipinski definition) is 5. The maximum Gasteiger partial charge on any atom is 0.319 e. The van der Waals surface area contributed by atoms with E-state index in [1.165, 1.54) is 0 Å². The van der Waals surface area contributed by atoms with Crippen LogP contribution >= 0.6 is 0 Å². The van der Waals surface area contributed by atoms with Crippen molar-refractivity contribution in [2.45, 2.75) is 32.4 Å². The third kappa shape index (κ3) is 4.14. The molecule has 0 radical (unpaired) electrons. The van der Waals surface area contributed by atoms with Gasteiger partial charge in [-0.15, -0.1) is 0 Å². The molecule has 3 rings (SSSR count). The summed E-state index contributed by atoms with van der Waals surface area (Å²) >= 11 is 0. The molecule has 0 saturated carbocycles. The SMILES string of the molecule is CCn1ccnc(N2CCC(NC(=O)Nc3cccnc3)CC2)c1=O. The molecule has 2 N–H and O–H groups in total. The van der Waals surface area contributed by atoms with Gasteiger partial charge in [0, 0.05) is 44.3 Å². The molecule has 2 aromatic heterocycles. The maximum absolute atomic E-state index is 12.3. The van der Waals surface area contributed by atoms with Crippen LogP contribution < -0.4 is 21.1 Å². The molecule has 132 valence electrons. The van der Waals surface area contributed by atoms with Gasteiger partial charge in [0.25, 0.3) is 5.56 Å². The summed E-state index contributed by atoms with van der Waals surface area (Å²) < 4.78 is 1.65. The van der Waals surface area contributed by atoms with Gasteiger partial charge in [0.15, 0.2) is 5.82 Å². The van der Waals surface area contributed by atoms with Crippen molar-refractivity contribution in [3.05, 3.63) is 47.3 Å². The molecule has 8 heteroatoms. The summed E-state index contributed by atoms with van der Waals surface area (Å²) in [7, 11) is 0. The van der Waals surface area contributed by atoms with E-state index in [0.717, 1.165) is 12.8 Å². The second kappa shape index (κ2) is 7.78. The molecule has 0 bridgehead atoms. The van der Waals surface area contributed by atoms with E-state index in [1.807, 2.05) is 11.8 Å². The second-order valence-corrected chi connectivity index (χ2v) is 5.94. The number of pyridine rings is 1. The van der Waals surface area contributed by atoms with E-state index in [-0.39, 0.29) is 17.6 Å². The van der Waals surface area contributed by atoms with Crippen molar-refractivity contribution in [2.75, 3.05) is 23.3 Å². The van der Waals surface area contributed by atoms with Gasteiger partial charge in [-0.3, -0.25) is 9.78 Å². The lowest BCUT2D eigenvalue weighted by Crippen LogP contribution is -2.47. The van der Waals surface area contributed by atoms with Gasteiger partial charge in [0.1, 0.15) is 0 Å². The molecular weight excluding hydrogens is 320 g/mol. The predicted molar refractivity (Wildman–Crippen MR) is 95.8 cm³/mol. The molecule has 3 heterocycles. The number of amides is 2. The summed E-state index contributed by atoms with van der Waals surface area (Å²) in [6, 6.07) is 3.39. The van der Waals surface area contributed by atoms with Crippen LogP contribution in [-0.2, 0) is 6.54 Å². The zero-order chi connectivity index (χ0) is 17.6. The van der Waals surface area contributed by atoms with Crippen LogP contribution in [0.1, 0.15) is 19.8 Å². The van der Waals surface area contributed by atoms with E-state index >= 15 is 0 Å². The van der Waals surface area contributed by atoms with Gasteiger partial charge >= 0.3 is 6.03 Å². The zero-order valence-corrected chi connectivity index (χ0v) is 14.2. The smallest absolute Gasteiger partial charge is 0.319 e. The highest BCUT2D eigenvalue weighted by molar-refractivity contribution is 5.89. The number of nitrogens with one attached hydrogen (secondary N) is 2. The number of nitrogens with zero attached hydrogens (tertiary/aromatic N) is 4. The van der Waals surface area contributed by atoms with Crippen molar-refractivity contribution in [3.8, 4) is 0 Å². The van der Waals surface area contributed by atoms with E-state index in [9.17, 15) is 9.59 Å². The molecule has 0 aliphatic carbocycles. The largest absolute Gasteiger partial charge is 0.352 e. The predicted octanol–water partition coefficient (Wildman–Crippen LogP) is 1.45. The third-order valence-corrected chi connectivity index (χ3v) is 4.29. The van der Waals surface area contributed by atoms with Gasteiger partial charge in [0.05, 0.1) is 11.9 Å². The first-order chi connectivity index (χ1) is 12.2. The van der Waals surface area contributed by atoms with Gasteiger partial charge in [0.2, 0.25) is 0 Å². The van der Waals surface area contributed by atoms with Crippen molar-refractivity contribution >= 4 is 17.5 Å². The van der Waals surface area contributed by atoms with Crippen LogP contribution in [0.4, 0.5) is 16.3 Å². The lowest BCUT2D eigenvalue weighted by Gasteiger charge is -2.32. The summed E-state index contributed by atoms with van der Waals surface area (Å²) in [6.07, 6.45) is 8.14. The molecule has 0 aromatic carbocycles. The quantitative estimate of drug-likeness (QED) is 0.877. The van der Waals surface area contributed by atoms with E-state index in [4.69, 9.17) is 0 Å². The lowest BCUT2D eigenvalue weighted by molar-refractivity contribution is 0.246. The van der Waals surface area contributed by atoms with E-state index in [2.05, 4.69) is 20.6 Å². The van der Waals surface area contributed by atoms with Crippen LogP contribution in [-0.4, -0.2) is 39.7 Å². The van der Waals surface area contributed by atoms with Gasteiger partial charge in [-0.2, -0.15) is 0 Å². The van der Waals surface area contributed by atoms with Crippen LogP contribution in [0, 0.1) is 0 Å². The number of carbonyl (C=O) groups excluding carboxylic acids is 1. The molecule has 8 nitrogen and oxygen atoms in total. The summed E-state index contributed by atoms with van der Waals surface area (Å²) in [4.78, 5) is 34.6. The van der Waals surface area contributed by atoms with Crippen molar-refractivity contribution in [1.82, 2.24) is 19.9 Å². The summed E-state index contributed by atoms with van der Waals surface area (Å²) in [5, 5.41) is 5.73. The lowest BCUT2D eigenvalue weighted by atomic mass is 10.1. The van der Waals surface area contributed by atoms with Gasteiger partial charge in [-0.05, 0) is 31.9 Å². The zero-order valence-electron chi connectivity index (χ0n) is 14.2. The Morgan fingerprint density at radius 3 is 2.80 bits per heavy atom. The Morgan fingerprint density at radius 2 is 2.12 bits per heavy atom. The summed E-state index contributed by atoms with van der Waals surface area (Å²) in [6.45, 7) is 3.94. The third-order valence-electron chi connectivity index (χ3n) is 4.29. The van der Waals surface area contributed by atoms with Crippen LogP contribution in [0.5, 0.6) is 0 Å². The van der Waals surface area contributed by atoms with E-state index < -0.39 is 0 Å². The Hall–Kier alpha value is -2.90. The van der Waals surface area contributed by atoms with Crippen molar-refractivity contribution in [2.24, 2.45) is 0 Å². The fourth-order valence-corrected chi connectivity index (χ4v) is 2.93. The Kier molecular flexibility index (Phi) is 5.27. The first-order valence-electron chi connectivity index (χ1n) is 8.45. The Balaban J connectivity index is 1.54. The van der Waals surface area contributed by atoms with Gasteiger partial charge in [-0.25, -0.2) is 9.78 Å². The molecule has 1 fully saturated rings. The molecule has 0 spiro atoms. The first-order valence-corrected chi connectivity index (χ1v) is 8.45. The number of aryl methyl sites for hydroxylation is 1. The summed E-state index contributed by atoms with van der Waals surface area (Å²) in [5.41, 5.74) is 0.594. The number of urea groups is 1. The molecule has 0 unspecified atom stereocenters.